The van der Waals surface area contributed by atoms with Crippen molar-refractivity contribution < 1.29 is 4.74 Å². The molecular weight excluding hydrogens is 456 g/mol. The molecule has 1 aliphatic rings. The second-order valence-corrected chi connectivity index (χ2v) is 9.05. The van der Waals surface area contributed by atoms with E-state index in [4.69, 9.17) is 14.7 Å². The number of ether oxygens (including phenoxy) is 1. The molecule has 0 aliphatic heterocycles. The van der Waals surface area contributed by atoms with Crippen LogP contribution < -0.4 is 15.4 Å². The molecule has 182 valence electrons. The van der Waals surface area contributed by atoms with E-state index in [1.165, 1.54) is 38.5 Å². The van der Waals surface area contributed by atoms with E-state index in [0.29, 0.717) is 5.95 Å². The lowest BCUT2D eigenvalue weighted by Gasteiger charge is -2.21. The quantitative estimate of drug-likeness (QED) is 0.232. The highest BCUT2D eigenvalue weighted by atomic mass is 35.5. The maximum Gasteiger partial charge on any atom is 0.229 e. The van der Waals surface area contributed by atoms with Crippen molar-refractivity contribution in [1.29, 1.82) is 0 Å². The molecule has 5 nitrogen and oxygen atoms in total. The molecule has 4 aromatic rings. The van der Waals surface area contributed by atoms with Crippen LogP contribution >= 0.6 is 12.4 Å². The summed E-state index contributed by atoms with van der Waals surface area (Å²) in [6.45, 7) is 0.783. The van der Waals surface area contributed by atoms with E-state index in [1.54, 1.807) is 0 Å². The molecular formula is C29H33ClN4O. The third kappa shape index (κ3) is 6.86. The van der Waals surface area contributed by atoms with Gasteiger partial charge in [-0.25, -0.2) is 4.98 Å². The predicted molar refractivity (Wildman–Crippen MR) is 148 cm³/mol. The fourth-order valence-electron chi connectivity index (χ4n) is 4.69. The first-order valence-electron chi connectivity index (χ1n) is 12.4. The summed E-state index contributed by atoms with van der Waals surface area (Å²) in [5.41, 5.74) is 2.80. The molecule has 1 fully saturated rings. The molecule has 0 bridgehead atoms. The monoisotopic (exact) mass is 488 g/mol. The minimum absolute atomic E-state index is 0. The van der Waals surface area contributed by atoms with Crippen LogP contribution in [0.25, 0.3) is 10.9 Å². The normalized spacial score (nSPS) is 13.7. The van der Waals surface area contributed by atoms with Crippen LogP contribution in [0.5, 0.6) is 5.75 Å². The van der Waals surface area contributed by atoms with Crippen molar-refractivity contribution in [1.82, 2.24) is 9.97 Å². The zero-order valence-electron chi connectivity index (χ0n) is 20.0. The lowest BCUT2D eigenvalue weighted by molar-refractivity contribution is 0.269. The number of hydrogen-bond acceptors (Lipinski definition) is 5. The molecule has 0 amide bonds. The van der Waals surface area contributed by atoms with Crippen molar-refractivity contribution in [2.24, 2.45) is 5.92 Å². The van der Waals surface area contributed by atoms with Crippen LogP contribution in [0.2, 0.25) is 0 Å². The minimum Gasteiger partial charge on any atom is -0.494 e. The van der Waals surface area contributed by atoms with Gasteiger partial charge in [-0.3, -0.25) is 0 Å². The summed E-state index contributed by atoms with van der Waals surface area (Å²) in [5.74, 6) is 3.14. The first-order valence-corrected chi connectivity index (χ1v) is 12.4. The zero-order chi connectivity index (χ0) is 23.0. The second kappa shape index (κ2) is 12.4. The first-order chi connectivity index (χ1) is 16.8. The SMILES string of the molecule is Cl.c1ccc(Nc2nc(Nc3ccc(OCCCC4CCCCC4)cc3)nc3ccccc23)cc1. The van der Waals surface area contributed by atoms with Gasteiger partial charge >= 0.3 is 0 Å². The van der Waals surface area contributed by atoms with Gasteiger partial charge in [0.15, 0.2) is 0 Å². The van der Waals surface area contributed by atoms with E-state index in [0.717, 1.165) is 52.8 Å². The zero-order valence-corrected chi connectivity index (χ0v) is 20.8. The highest BCUT2D eigenvalue weighted by Crippen LogP contribution is 2.28. The van der Waals surface area contributed by atoms with Crippen molar-refractivity contribution >= 4 is 46.5 Å². The van der Waals surface area contributed by atoms with Crippen LogP contribution in [0.3, 0.4) is 0 Å². The second-order valence-electron chi connectivity index (χ2n) is 9.05. The van der Waals surface area contributed by atoms with Crippen LogP contribution in [-0.4, -0.2) is 16.6 Å². The van der Waals surface area contributed by atoms with Crippen LogP contribution in [0.15, 0.2) is 78.9 Å². The summed E-state index contributed by atoms with van der Waals surface area (Å²) < 4.78 is 5.98. The number of halogens is 1. The number of rotatable bonds is 9. The molecule has 0 saturated heterocycles. The standard InChI is InChI=1S/C29H32N4O.ClH/c1-3-10-22(11-4-1)12-9-21-34-25-19-17-24(18-20-25)31-29-32-27-16-8-7-15-26(27)28(33-29)30-23-13-5-2-6-14-23;/h2,5-8,13-20,22H,1,3-4,9-12,21H2,(H2,30,31,32,33);1H. The summed E-state index contributed by atoms with van der Waals surface area (Å²) in [6.07, 6.45) is 9.46. The van der Waals surface area contributed by atoms with Gasteiger partial charge in [0.2, 0.25) is 5.95 Å². The predicted octanol–water partition coefficient (Wildman–Crippen LogP) is 8.28. The highest BCUT2D eigenvalue weighted by Gasteiger charge is 2.13. The van der Waals surface area contributed by atoms with Crippen LogP contribution in [0.1, 0.15) is 44.9 Å². The Labute approximate surface area is 213 Å². The largest absolute Gasteiger partial charge is 0.494 e. The molecule has 2 N–H and O–H groups in total. The Balaban J connectivity index is 0.00000289. The fourth-order valence-corrected chi connectivity index (χ4v) is 4.69. The summed E-state index contributed by atoms with van der Waals surface area (Å²) in [6, 6.07) is 26.1. The van der Waals surface area contributed by atoms with E-state index < -0.39 is 0 Å². The number of hydrogen-bond donors (Lipinski definition) is 2. The number of nitrogens with zero attached hydrogens (tertiary/aromatic N) is 2. The van der Waals surface area contributed by atoms with E-state index >= 15 is 0 Å². The molecule has 0 radical (unpaired) electrons. The summed E-state index contributed by atoms with van der Waals surface area (Å²) in [5, 5.41) is 7.75. The molecule has 5 rings (SSSR count). The average Bonchev–Trinajstić information content (AvgIpc) is 2.89. The number of anilines is 4. The number of para-hydroxylation sites is 2. The van der Waals surface area contributed by atoms with Gasteiger partial charge in [-0.05, 0) is 67.3 Å². The van der Waals surface area contributed by atoms with Crippen molar-refractivity contribution in [3.05, 3.63) is 78.9 Å². The van der Waals surface area contributed by atoms with Crippen molar-refractivity contribution in [3.8, 4) is 5.75 Å². The number of fused-ring (bicyclic) bond motifs is 1. The summed E-state index contributed by atoms with van der Waals surface area (Å²) >= 11 is 0. The Morgan fingerprint density at radius 2 is 1.46 bits per heavy atom. The molecule has 35 heavy (non-hydrogen) atoms. The summed E-state index contributed by atoms with van der Waals surface area (Å²) in [4.78, 5) is 9.46. The van der Waals surface area contributed by atoms with Gasteiger partial charge in [-0.1, -0.05) is 62.4 Å². The first kappa shape index (κ1) is 24.8. The molecule has 0 atom stereocenters. The van der Waals surface area contributed by atoms with Gasteiger partial charge in [-0.2, -0.15) is 4.98 Å². The molecule has 6 heteroatoms. The fraction of sp³-hybridized carbons (Fsp3) is 0.310. The Hall–Kier alpha value is -3.31. The Morgan fingerprint density at radius 3 is 2.26 bits per heavy atom. The highest BCUT2D eigenvalue weighted by molar-refractivity contribution is 5.92. The van der Waals surface area contributed by atoms with Gasteiger partial charge in [0, 0.05) is 16.8 Å². The van der Waals surface area contributed by atoms with E-state index in [9.17, 15) is 0 Å². The number of aromatic nitrogens is 2. The number of benzene rings is 3. The summed E-state index contributed by atoms with van der Waals surface area (Å²) in [7, 11) is 0. The molecule has 1 aromatic heterocycles. The maximum absolute atomic E-state index is 5.98. The topological polar surface area (TPSA) is 59.1 Å². The molecule has 3 aromatic carbocycles. The van der Waals surface area contributed by atoms with Crippen molar-refractivity contribution in [2.45, 2.75) is 44.9 Å². The third-order valence-corrected chi connectivity index (χ3v) is 6.50. The average molecular weight is 489 g/mol. The van der Waals surface area contributed by atoms with E-state index in [-0.39, 0.29) is 12.4 Å². The Kier molecular flexibility index (Phi) is 8.79. The van der Waals surface area contributed by atoms with Crippen LogP contribution in [0.4, 0.5) is 23.1 Å². The van der Waals surface area contributed by atoms with Gasteiger partial charge in [0.25, 0.3) is 0 Å². The van der Waals surface area contributed by atoms with Gasteiger partial charge in [0.05, 0.1) is 12.1 Å². The van der Waals surface area contributed by atoms with Gasteiger partial charge < -0.3 is 15.4 Å². The molecule has 0 unspecified atom stereocenters. The molecule has 1 aliphatic carbocycles. The molecule has 1 saturated carbocycles. The van der Waals surface area contributed by atoms with Crippen LogP contribution in [-0.2, 0) is 0 Å². The number of nitrogens with one attached hydrogen (secondary N) is 2. The van der Waals surface area contributed by atoms with Crippen molar-refractivity contribution in [3.63, 3.8) is 0 Å². The minimum atomic E-state index is 0. The van der Waals surface area contributed by atoms with Crippen LogP contribution in [0, 0.1) is 5.92 Å². The van der Waals surface area contributed by atoms with Gasteiger partial charge in [-0.15, -0.1) is 12.4 Å². The van der Waals surface area contributed by atoms with Gasteiger partial charge in [0.1, 0.15) is 11.6 Å². The Bertz CT molecular complexity index is 1190. The van der Waals surface area contributed by atoms with Crippen molar-refractivity contribution in [2.75, 3.05) is 17.2 Å². The smallest absolute Gasteiger partial charge is 0.229 e. The Morgan fingerprint density at radius 1 is 0.743 bits per heavy atom. The molecule has 1 heterocycles. The van der Waals surface area contributed by atoms with E-state index in [2.05, 4.69) is 10.6 Å². The lowest BCUT2D eigenvalue weighted by Crippen LogP contribution is -2.08. The molecule has 0 spiro atoms. The lowest BCUT2D eigenvalue weighted by atomic mass is 9.86. The maximum atomic E-state index is 5.98. The van der Waals surface area contributed by atoms with E-state index in [1.807, 2.05) is 78.9 Å². The third-order valence-electron chi connectivity index (χ3n) is 6.50.